The molecule has 0 bridgehead atoms. The Morgan fingerprint density at radius 2 is 2.04 bits per heavy atom. The molecule has 1 aliphatic carbocycles. The van der Waals surface area contributed by atoms with E-state index in [1.54, 1.807) is 7.11 Å². The molecular weight excluding hydrogens is 320 g/mol. The van der Waals surface area contributed by atoms with Crippen LogP contribution < -0.4 is 20.1 Å². The minimum atomic E-state index is -0.148. The lowest BCUT2D eigenvalue weighted by Gasteiger charge is -2.22. The molecule has 1 saturated heterocycles. The lowest BCUT2D eigenvalue weighted by atomic mass is 9.98. The van der Waals surface area contributed by atoms with E-state index in [0.717, 1.165) is 29.9 Å². The van der Waals surface area contributed by atoms with E-state index in [1.165, 1.54) is 12.8 Å². The van der Waals surface area contributed by atoms with Gasteiger partial charge in [-0.2, -0.15) is 0 Å². The average molecular weight is 346 g/mol. The Kier molecular flexibility index (Phi) is 5.79. The van der Waals surface area contributed by atoms with Crippen molar-refractivity contribution in [1.29, 1.82) is 0 Å². The van der Waals surface area contributed by atoms with Gasteiger partial charge < -0.3 is 20.1 Å². The maximum atomic E-state index is 12.2. The van der Waals surface area contributed by atoms with E-state index in [1.807, 2.05) is 18.2 Å². The summed E-state index contributed by atoms with van der Waals surface area (Å²) in [5.41, 5.74) is 0.974. The van der Waals surface area contributed by atoms with Gasteiger partial charge in [0.25, 0.3) is 0 Å². The molecule has 25 heavy (non-hydrogen) atoms. The molecule has 1 atom stereocenters. The zero-order chi connectivity index (χ0) is 17.6. The molecule has 1 heterocycles. The molecule has 2 amide bonds. The van der Waals surface area contributed by atoms with Crippen LogP contribution in [0.3, 0.4) is 0 Å². The zero-order valence-electron chi connectivity index (χ0n) is 14.7. The summed E-state index contributed by atoms with van der Waals surface area (Å²) >= 11 is 0. The number of benzene rings is 1. The number of carbonyl (C=O) groups is 2. The van der Waals surface area contributed by atoms with E-state index in [4.69, 9.17) is 9.47 Å². The normalized spacial score (nSPS) is 20.8. The van der Waals surface area contributed by atoms with Gasteiger partial charge >= 0.3 is 0 Å². The van der Waals surface area contributed by atoms with Crippen LogP contribution in [0.4, 0.5) is 0 Å². The number of amides is 2. The molecule has 2 N–H and O–H groups in total. The molecule has 1 aromatic carbocycles. The fourth-order valence-electron chi connectivity index (χ4n) is 3.40. The molecule has 3 rings (SSSR count). The molecule has 1 aromatic rings. The van der Waals surface area contributed by atoms with E-state index in [-0.39, 0.29) is 23.8 Å². The van der Waals surface area contributed by atoms with E-state index < -0.39 is 0 Å². The van der Waals surface area contributed by atoms with E-state index in [9.17, 15) is 9.59 Å². The van der Waals surface area contributed by atoms with Crippen molar-refractivity contribution in [1.82, 2.24) is 10.6 Å². The van der Waals surface area contributed by atoms with Gasteiger partial charge in [-0.15, -0.1) is 0 Å². The maximum absolute atomic E-state index is 12.2. The highest BCUT2D eigenvalue weighted by Crippen LogP contribution is 2.32. The first kappa shape index (κ1) is 17.6. The molecule has 6 nitrogen and oxygen atoms in total. The number of hydrogen-bond donors (Lipinski definition) is 2. The third-order valence-electron chi connectivity index (χ3n) is 4.93. The molecule has 6 heteroatoms. The summed E-state index contributed by atoms with van der Waals surface area (Å²) in [6, 6.07) is 5.76. The Labute approximate surface area is 148 Å². The van der Waals surface area contributed by atoms with Gasteiger partial charge in [0.1, 0.15) is 0 Å². The average Bonchev–Trinajstić information content (AvgIpc) is 3.13. The van der Waals surface area contributed by atoms with Crippen LogP contribution >= 0.6 is 0 Å². The highest BCUT2D eigenvalue weighted by molar-refractivity contribution is 5.83. The molecule has 0 unspecified atom stereocenters. The first-order valence-corrected chi connectivity index (χ1v) is 9.03. The molecule has 0 spiro atoms. The standard InChI is InChI=1S/C19H26N2O4/c1-24-16-8-6-13(10-17(16)25-15-4-2-3-5-15)11-21-19(23)14-7-9-18(22)20-12-14/h6,8,10,14-15H,2-5,7,9,11-12H2,1H3,(H,20,22)(H,21,23)/t14-/m1/s1. The largest absolute Gasteiger partial charge is 0.493 e. The summed E-state index contributed by atoms with van der Waals surface area (Å²) in [5.74, 6) is 1.31. The molecule has 2 fully saturated rings. The molecular formula is C19H26N2O4. The third kappa shape index (κ3) is 4.65. The van der Waals surface area contributed by atoms with Crippen molar-refractivity contribution in [3.8, 4) is 11.5 Å². The molecule has 2 aliphatic rings. The number of rotatable bonds is 6. The van der Waals surface area contributed by atoms with Gasteiger partial charge in [0.2, 0.25) is 11.8 Å². The fourth-order valence-corrected chi connectivity index (χ4v) is 3.40. The predicted octanol–water partition coefficient (Wildman–Crippen LogP) is 2.16. The van der Waals surface area contributed by atoms with E-state index >= 15 is 0 Å². The van der Waals surface area contributed by atoms with E-state index in [2.05, 4.69) is 10.6 Å². The van der Waals surface area contributed by atoms with Crippen LogP contribution in [0, 0.1) is 5.92 Å². The van der Waals surface area contributed by atoms with Gasteiger partial charge in [-0.05, 0) is 49.8 Å². The Morgan fingerprint density at radius 1 is 1.24 bits per heavy atom. The number of piperidine rings is 1. The van der Waals surface area contributed by atoms with Gasteiger partial charge in [0.05, 0.1) is 19.1 Å². The molecule has 0 radical (unpaired) electrons. The molecule has 0 aromatic heterocycles. The lowest BCUT2D eigenvalue weighted by Crippen LogP contribution is -2.42. The van der Waals surface area contributed by atoms with E-state index in [0.29, 0.717) is 25.9 Å². The van der Waals surface area contributed by atoms with Crippen LogP contribution in [0.15, 0.2) is 18.2 Å². The van der Waals surface area contributed by atoms with Gasteiger partial charge in [0, 0.05) is 19.5 Å². The monoisotopic (exact) mass is 346 g/mol. The fraction of sp³-hybridized carbons (Fsp3) is 0.579. The van der Waals surface area contributed by atoms with Crippen molar-refractivity contribution >= 4 is 11.8 Å². The van der Waals surface area contributed by atoms with Crippen LogP contribution in [0.1, 0.15) is 44.1 Å². The summed E-state index contributed by atoms with van der Waals surface area (Å²) in [6.45, 7) is 0.859. The molecule has 136 valence electrons. The van der Waals surface area contributed by atoms with Gasteiger partial charge in [0.15, 0.2) is 11.5 Å². The highest BCUT2D eigenvalue weighted by Gasteiger charge is 2.24. The highest BCUT2D eigenvalue weighted by atomic mass is 16.5. The second kappa shape index (κ2) is 8.23. The quantitative estimate of drug-likeness (QED) is 0.827. The molecule has 1 aliphatic heterocycles. The van der Waals surface area contributed by atoms with Crippen LogP contribution in [-0.4, -0.2) is 31.6 Å². The van der Waals surface area contributed by atoms with Crippen molar-refractivity contribution in [2.24, 2.45) is 5.92 Å². The smallest absolute Gasteiger partial charge is 0.225 e. The first-order chi connectivity index (χ1) is 12.2. The number of methoxy groups -OCH3 is 1. The van der Waals surface area contributed by atoms with Crippen molar-refractivity contribution in [3.05, 3.63) is 23.8 Å². The second-order valence-electron chi connectivity index (χ2n) is 6.77. The predicted molar refractivity (Wildman–Crippen MR) is 93.5 cm³/mol. The topological polar surface area (TPSA) is 76.7 Å². The summed E-state index contributed by atoms with van der Waals surface area (Å²) in [4.78, 5) is 23.4. The first-order valence-electron chi connectivity index (χ1n) is 9.03. The van der Waals surface area contributed by atoms with Crippen molar-refractivity contribution in [2.75, 3.05) is 13.7 Å². The number of ether oxygens (including phenoxy) is 2. The minimum absolute atomic E-state index is 0.0194. The van der Waals surface area contributed by atoms with Crippen LogP contribution in [0.25, 0.3) is 0 Å². The van der Waals surface area contributed by atoms with Crippen LogP contribution in [-0.2, 0) is 16.1 Å². The lowest BCUT2D eigenvalue weighted by molar-refractivity contribution is -0.129. The summed E-state index contributed by atoms with van der Waals surface area (Å²) in [5, 5.41) is 5.69. The number of carbonyl (C=O) groups excluding carboxylic acids is 2. The number of nitrogens with one attached hydrogen (secondary N) is 2. The second-order valence-corrected chi connectivity index (χ2v) is 6.77. The third-order valence-corrected chi connectivity index (χ3v) is 4.93. The van der Waals surface area contributed by atoms with Crippen molar-refractivity contribution in [3.63, 3.8) is 0 Å². The summed E-state index contributed by atoms with van der Waals surface area (Å²) in [6.07, 6.45) is 5.86. The van der Waals surface area contributed by atoms with Crippen LogP contribution in [0.5, 0.6) is 11.5 Å². The Bertz CT molecular complexity index is 616. The zero-order valence-corrected chi connectivity index (χ0v) is 14.7. The van der Waals surface area contributed by atoms with Gasteiger partial charge in [-0.3, -0.25) is 9.59 Å². The van der Waals surface area contributed by atoms with Gasteiger partial charge in [-0.1, -0.05) is 6.07 Å². The molecule has 1 saturated carbocycles. The summed E-state index contributed by atoms with van der Waals surface area (Å²) in [7, 11) is 1.63. The Balaban J connectivity index is 1.58. The summed E-state index contributed by atoms with van der Waals surface area (Å²) < 4.78 is 11.5. The SMILES string of the molecule is COc1ccc(CNC(=O)[C@@H]2CCC(=O)NC2)cc1OC1CCCC1. The number of hydrogen-bond acceptors (Lipinski definition) is 4. The van der Waals surface area contributed by atoms with Crippen molar-refractivity contribution in [2.45, 2.75) is 51.2 Å². The Morgan fingerprint density at radius 3 is 2.72 bits per heavy atom. The Hall–Kier alpha value is -2.24. The van der Waals surface area contributed by atoms with Gasteiger partial charge in [-0.25, -0.2) is 0 Å². The van der Waals surface area contributed by atoms with Crippen LogP contribution in [0.2, 0.25) is 0 Å². The maximum Gasteiger partial charge on any atom is 0.225 e. The van der Waals surface area contributed by atoms with Crippen molar-refractivity contribution < 1.29 is 19.1 Å². The minimum Gasteiger partial charge on any atom is -0.493 e.